The van der Waals surface area contributed by atoms with Crippen LogP contribution in [0.1, 0.15) is 33.2 Å². The van der Waals surface area contributed by atoms with Gasteiger partial charge < -0.3 is 9.84 Å². The van der Waals surface area contributed by atoms with Crippen molar-refractivity contribution in [1.82, 2.24) is 4.57 Å². The van der Waals surface area contributed by atoms with Crippen molar-refractivity contribution in [2.45, 2.75) is 6.92 Å². The maximum absolute atomic E-state index is 13.5. The monoisotopic (exact) mass is 381 g/mol. The fourth-order valence-electron chi connectivity index (χ4n) is 2.74. The molecule has 0 radical (unpaired) electrons. The van der Waals surface area contributed by atoms with E-state index in [0.29, 0.717) is 11.4 Å². The van der Waals surface area contributed by atoms with Crippen LogP contribution < -0.4 is 10.3 Å². The number of hydrogen-bond donors (Lipinski definition) is 1. The van der Waals surface area contributed by atoms with Gasteiger partial charge in [0.05, 0.1) is 18.2 Å². The number of methoxy groups -OCH3 is 1. The van der Waals surface area contributed by atoms with Crippen molar-refractivity contribution < 1.29 is 23.8 Å². The van der Waals surface area contributed by atoms with Crippen LogP contribution >= 0.6 is 0 Å². The number of carbonyl (C=O) groups is 2. The molecule has 0 saturated heterocycles. The zero-order chi connectivity index (χ0) is 20.4. The number of ether oxygens (including phenoxy) is 1. The Morgan fingerprint density at radius 1 is 1.04 bits per heavy atom. The largest absolute Gasteiger partial charge is 0.507 e. The molecule has 0 aliphatic heterocycles. The first-order valence-corrected chi connectivity index (χ1v) is 8.27. The number of pyridine rings is 1. The summed E-state index contributed by atoms with van der Waals surface area (Å²) in [4.78, 5) is 37.4. The number of phenols is 1. The van der Waals surface area contributed by atoms with Crippen LogP contribution in [0.5, 0.6) is 11.5 Å². The highest BCUT2D eigenvalue weighted by Gasteiger charge is 2.20. The lowest BCUT2D eigenvalue weighted by molar-refractivity contribution is 0.101. The van der Waals surface area contributed by atoms with Crippen LogP contribution in [0.15, 0.2) is 59.5 Å². The minimum absolute atomic E-state index is 0.0403. The number of halogens is 1. The van der Waals surface area contributed by atoms with Gasteiger partial charge >= 0.3 is 0 Å². The Morgan fingerprint density at radius 2 is 1.71 bits per heavy atom. The summed E-state index contributed by atoms with van der Waals surface area (Å²) in [7, 11) is 1.50. The standard InChI is InChI=1S/C21H16FNO5/c1-12(24)17-9-13(20(26)18-10-14(22)3-8-19(18)25)11-23(21(17)27)15-4-6-16(28-2)7-5-15/h3-11,25H,1-2H3. The van der Waals surface area contributed by atoms with E-state index in [1.165, 1.54) is 20.2 Å². The lowest BCUT2D eigenvalue weighted by atomic mass is 10.0. The molecule has 0 aliphatic carbocycles. The Labute approximate surface area is 159 Å². The molecule has 3 rings (SSSR count). The summed E-state index contributed by atoms with van der Waals surface area (Å²) in [5, 5.41) is 9.91. The first kappa shape index (κ1) is 19.0. The van der Waals surface area contributed by atoms with Crippen LogP contribution in [-0.4, -0.2) is 28.3 Å². The number of benzene rings is 2. The Hall–Kier alpha value is -3.74. The molecule has 0 amide bonds. The summed E-state index contributed by atoms with van der Waals surface area (Å²) >= 11 is 0. The summed E-state index contributed by atoms with van der Waals surface area (Å²) in [6, 6.07) is 10.6. The van der Waals surface area contributed by atoms with E-state index in [-0.39, 0.29) is 16.7 Å². The van der Waals surface area contributed by atoms with Crippen LogP contribution in [0.4, 0.5) is 4.39 Å². The molecule has 7 heteroatoms. The van der Waals surface area contributed by atoms with Crippen molar-refractivity contribution in [3.63, 3.8) is 0 Å². The predicted octanol–water partition coefficient (Wildman–Crippen LogP) is 3.12. The second-order valence-corrected chi connectivity index (χ2v) is 6.06. The van der Waals surface area contributed by atoms with Gasteiger partial charge in [-0.05, 0) is 55.5 Å². The van der Waals surface area contributed by atoms with Gasteiger partial charge in [-0.2, -0.15) is 0 Å². The molecule has 0 unspecified atom stereocenters. The van der Waals surface area contributed by atoms with E-state index in [1.54, 1.807) is 24.3 Å². The maximum atomic E-state index is 13.5. The van der Waals surface area contributed by atoms with E-state index in [9.17, 15) is 23.9 Å². The Morgan fingerprint density at radius 3 is 2.32 bits per heavy atom. The normalized spacial score (nSPS) is 10.5. The van der Waals surface area contributed by atoms with Crippen LogP contribution in [0, 0.1) is 5.82 Å². The minimum Gasteiger partial charge on any atom is -0.507 e. The predicted molar refractivity (Wildman–Crippen MR) is 100 cm³/mol. The van der Waals surface area contributed by atoms with Gasteiger partial charge in [-0.25, -0.2) is 4.39 Å². The van der Waals surface area contributed by atoms with Gasteiger partial charge in [0.25, 0.3) is 5.56 Å². The summed E-state index contributed by atoms with van der Waals surface area (Å²) < 4.78 is 19.8. The van der Waals surface area contributed by atoms with Crippen molar-refractivity contribution in [2.24, 2.45) is 0 Å². The maximum Gasteiger partial charge on any atom is 0.265 e. The summed E-state index contributed by atoms with van der Waals surface area (Å²) in [5.41, 5.74) is -0.697. The lowest BCUT2D eigenvalue weighted by Gasteiger charge is -2.12. The molecular weight excluding hydrogens is 365 g/mol. The third kappa shape index (κ3) is 3.55. The van der Waals surface area contributed by atoms with Gasteiger partial charge in [0.1, 0.15) is 17.3 Å². The van der Waals surface area contributed by atoms with Gasteiger partial charge in [-0.15, -0.1) is 0 Å². The molecule has 6 nitrogen and oxygen atoms in total. The fraction of sp³-hybridized carbons (Fsp3) is 0.0952. The van der Waals surface area contributed by atoms with E-state index in [1.807, 2.05) is 0 Å². The Bertz CT molecular complexity index is 1130. The van der Waals surface area contributed by atoms with E-state index < -0.39 is 28.7 Å². The molecule has 28 heavy (non-hydrogen) atoms. The van der Waals surface area contributed by atoms with Gasteiger partial charge in [0.15, 0.2) is 11.6 Å². The van der Waals surface area contributed by atoms with Gasteiger partial charge in [-0.3, -0.25) is 19.0 Å². The molecular formula is C21H16FNO5. The number of carbonyl (C=O) groups excluding carboxylic acids is 2. The quantitative estimate of drug-likeness (QED) is 0.687. The number of aromatic hydroxyl groups is 1. The third-order valence-electron chi connectivity index (χ3n) is 4.21. The Kier molecular flexibility index (Phi) is 5.08. The first-order chi connectivity index (χ1) is 13.3. The molecule has 1 N–H and O–H groups in total. The zero-order valence-electron chi connectivity index (χ0n) is 15.1. The van der Waals surface area contributed by atoms with E-state index in [4.69, 9.17) is 4.74 Å². The summed E-state index contributed by atoms with van der Waals surface area (Å²) in [6.07, 6.45) is 1.25. The smallest absolute Gasteiger partial charge is 0.265 e. The van der Waals surface area contributed by atoms with Crippen molar-refractivity contribution in [3.05, 3.63) is 87.6 Å². The molecule has 1 aromatic heterocycles. The first-order valence-electron chi connectivity index (χ1n) is 8.27. The number of rotatable bonds is 5. The van der Waals surface area contributed by atoms with Crippen LogP contribution in [0.2, 0.25) is 0 Å². The average Bonchev–Trinajstić information content (AvgIpc) is 2.69. The molecule has 0 saturated carbocycles. The highest BCUT2D eigenvalue weighted by molar-refractivity contribution is 6.11. The second-order valence-electron chi connectivity index (χ2n) is 6.06. The van der Waals surface area contributed by atoms with Gasteiger partial charge in [-0.1, -0.05) is 0 Å². The second kappa shape index (κ2) is 7.48. The molecule has 3 aromatic rings. The molecule has 0 aliphatic rings. The number of Topliss-reactive ketones (excluding diaryl/α,β-unsaturated/α-hetero) is 1. The molecule has 2 aromatic carbocycles. The van der Waals surface area contributed by atoms with Crippen molar-refractivity contribution in [2.75, 3.05) is 7.11 Å². The fourth-order valence-corrected chi connectivity index (χ4v) is 2.74. The number of phenolic OH excluding ortho intramolecular Hbond substituents is 1. The third-order valence-corrected chi connectivity index (χ3v) is 4.21. The highest BCUT2D eigenvalue weighted by Crippen LogP contribution is 2.22. The molecule has 0 atom stereocenters. The van der Waals surface area contributed by atoms with E-state index >= 15 is 0 Å². The Balaban J connectivity index is 2.20. The lowest BCUT2D eigenvalue weighted by Crippen LogP contribution is -2.25. The average molecular weight is 381 g/mol. The number of aromatic nitrogens is 1. The van der Waals surface area contributed by atoms with Crippen LogP contribution in [0.25, 0.3) is 5.69 Å². The molecule has 0 spiro atoms. The number of ketones is 2. The van der Waals surface area contributed by atoms with E-state index in [2.05, 4.69) is 0 Å². The summed E-state index contributed by atoms with van der Waals surface area (Å²) in [6.45, 7) is 1.21. The SMILES string of the molecule is COc1ccc(-n2cc(C(=O)c3cc(F)ccc3O)cc(C(C)=O)c2=O)cc1. The van der Waals surface area contributed by atoms with Crippen LogP contribution in [0.3, 0.4) is 0 Å². The molecule has 0 fully saturated rings. The number of hydrogen-bond acceptors (Lipinski definition) is 5. The molecule has 0 bridgehead atoms. The van der Waals surface area contributed by atoms with Crippen LogP contribution in [-0.2, 0) is 0 Å². The topological polar surface area (TPSA) is 85.6 Å². The van der Waals surface area contributed by atoms with Crippen molar-refractivity contribution in [3.8, 4) is 17.2 Å². The number of nitrogens with zero attached hydrogens (tertiary/aromatic N) is 1. The molecule has 142 valence electrons. The highest BCUT2D eigenvalue weighted by atomic mass is 19.1. The zero-order valence-corrected chi connectivity index (χ0v) is 15.1. The van der Waals surface area contributed by atoms with Crippen molar-refractivity contribution in [1.29, 1.82) is 0 Å². The van der Waals surface area contributed by atoms with Gasteiger partial charge in [0.2, 0.25) is 0 Å². The van der Waals surface area contributed by atoms with E-state index in [0.717, 1.165) is 28.8 Å². The minimum atomic E-state index is -0.721. The molecule has 1 heterocycles. The van der Waals surface area contributed by atoms with Gasteiger partial charge in [0, 0.05) is 17.4 Å². The van der Waals surface area contributed by atoms with Crippen molar-refractivity contribution >= 4 is 11.6 Å². The summed E-state index contributed by atoms with van der Waals surface area (Å²) in [5.74, 6) is -1.78.